The van der Waals surface area contributed by atoms with E-state index in [0.717, 1.165) is 21.3 Å². The fraction of sp³-hybridized carbons (Fsp3) is 0.304. The van der Waals surface area contributed by atoms with Gasteiger partial charge < -0.3 is 10.3 Å². The summed E-state index contributed by atoms with van der Waals surface area (Å²) in [5.74, 6) is -1.08. The second-order valence-corrected chi connectivity index (χ2v) is 7.90. The second-order valence-electron chi connectivity index (χ2n) is 7.90. The van der Waals surface area contributed by atoms with Crippen LogP contribution in [0.4, 0.5) is 4.39 Å². The number of fused-ring (bicyclic) bond motifs is 1. The van der Waals surface area contributed by atoms with Crippen molar-refractivity contribution < 1.29 is 9.18 Å². The van der Waals surface area contributed by atoms with Crippen LogP contribution in [0.25, 0.3) is 16.5 Å². The van der Waals surface area contributed by atoms with Crippen LogP contribution in [0.5, 0.6) is 0 Å². The summed E-state index contributed by atoms with van der Waals surface area (Å²) < 4.78 is 15.5. The number of nitrogens with one attached hydrogen (secondary N) is 2. The van der Waals surface area contributed by atoms with Gasteiger partial charge in [-0.25, -0.2) is 9.78 Å². The first-order chi connectivity index (χ1) is 15.3. The largest absolute Gasteiger partial charge is 0.354 e. The molecule has 3 heterocycles. The van der Waals surface area contributed by atoms with Crippen LogP contribution in [-0.2, 0) is 13.6 Å². The van der Waals surface area contributed by atoms with Crippen molar-refractivity contribution in [1.29, 1.82) is 0 Å². The first kappa shape index (κ1) is 21.6. The number of hydrogen-bond acceptors (Lipinski definition) is 5. The Morgan fingerprint density at radius 3 is 2.69 bits per heavy atom. The number of aromatic amines is 1. The lowest BCUT2D eigenvalue weighted by Gasteiger charge is -2.27. The van der Waals surface area contributed by atoms with E-state index in [-0.39, 0.29) is 11.3 Å². The summed E-state index contributed by atoms with van der Waals surface area (Å²) in [6.45, 7) is 3.87. The molecule has 32 heavy (non-hydrogen) atoms. The Morgan fingerprint density at radius 1 is 1.25 bits per heavy atom. The number of benzene rings is 1. The highest BCUT2D eigenvalue weighted by Gasteiger charge is 2.19. The molecular formula is C23H24FN5O3. The van der Waals surface area contributed by atoms with Gasteiger partial charge in [0, 0.05) is 39.3 Å². The van der Waals surface area contributed by atoms with E-state index < -0.39 is 17.5 Å². The summed E-state index contributed by atoms with van der Waals surface area (Å²) in [7, 11) is 2.93. The zero-order chi connectivity index (χ0) is 23.0. The number of pyridine rings is 1. The number of nitrogens with zero attached hydrogens (tertiary/aromatic N) is 3. The fourth-order valence-electron chi connectivity index (χ4n) is 4.00. The minimum Gasteiger partial charge on any atom is -0.354 e. The van der Waals surface area contributed by atoms with E-state index in [4.69, 9.17) is 0 Å². The van der Waals surface area contributed by atoms with Gasteiger partial charge in [-0.05, 0) is 48.2 Å². The van der Waals surface area contributed by atoms with Crippen LogP contribution < -0.4 is 16.6 Å². The quantitative estimate of drug-likeness (QED) is 0.606. The number of carbonyl (C=O) groups excluding carboxylic acids is 1. The molecule has 0 aliphatic carbocycles. The number of aromatic nitrogens is 3. The zero-order valence-electron chi connectivity index (χ0n) is 18.2. The Morgan fingerprint density at radius 2 is 2.03 bits per heavy atom. The van der Waals surface area contributed by atoms with Crippen LogP contribution in [0.3, 0.4) is 0 Å². The van der Waals surface area contributed by atoms with Crippen molar-refractivity contribution in [2.75, 3.05) is 20.1 Å². The van der Waals surface area contributed by atoms with Gasteiger partial charge in [0.05, 0.1) is 10.9 Å². The topological polar surface area (TPSA) is 100 Å². The molecule has 0 atom stereocenters. The highest BCUT2D eigenvalue weighted by molar-refractivity contribution is 5.92. The van der Waals surface area contributed by atoms with Crippen molar-refractivity contribution in [1.82, 2.24) is 24.8 Å². The number of carbonyl (C=O) groups is 1. The van der Waals surface area contributed by atoms with Gasteiger partial charge in [-0.1, -0.05) is 12.1 Å². The molecule has 0 fully saturated rings. The summed E-state index contributed by atoms with van der Waals surface area (Å²) in [4.78, 5) is 44.8. The van der Waals surface area contributed by atoms with E-state index in [9.17, 15) is 18.8 Å². The molecule has 3 aromatic rings. The summed E-state index contributed by atoms with van der Waals surface area (Å²) in [5, 5.41) is 2.92. The fourth-order valence-corrected chi connectivity index (χ4v) is 4.00. The zero-order valence-corrected chi connectivity index (χ0v) is 18.2. The van der Waals surface area contributed by atoms with Crippen LogP contribution in [0.15, 0.2) is 39.9 Å². The molecule has 0 spiro atoms. The maximum absolute atomic E-state index is 14.5. The van der Waals surface area contributed by atoms with Crippen molar-refractivity contribution in [2.24, 2.45) is 7.05 Å². The van der Waals surface area contributed by atoms with Crippen molar-refractivity contribution in [3.8, 4) is 0 Å². The second kappa shape index (κ2) is 8.51. The minimum atomic E-state index is -0.651. The van der Waals surface area contributed by atoms with Crippen molar-refractivity contribution >= 4 is 22.4 Å². The first-order valence-corrected chi connectivity index (χ1v) is 10.3. The van der Waals surface area contributed by atoms with Gasteiger partial charge in [0.25, 0.3) is 11.5 Å². The standard InChI is InChI=1S/C23H24FN5O3/c1-13-15(4-5-17-19(13)27-23(32)28(3)22(17)31)12-29-10-8-14(9-11-29)16-6-7-18(21(30)25-2)26-20(16)24/h4-8H,9-12H2,1-3H3,(H,25,30)(H,27,32). The highest BCUT2D eigenvalue weighted by Crippen LogP contribution is 2.26. The molecule has 0 saturated heterocycles. The van der Waals surface area contributed by atoms with Gasteiger partial charge in [-0.3, -0.25) is 19.1 Å². The van der Waals surface area contributed by atoms with Gasteiger partial charge in [0.2, 0.25) is 5.95 Å². The summed E-state index contributed by atoms with van der Waals surface area (Å²) in [6.07, 6.45) is 2.61. The summed E-state index contributed by atoms with van der Waals surface area (Å²) in [5.41, 5.74) is 3.01. The van der Waals surface area contributed by atoms with Crippen molar-refractivity contribution in [3.63, 3.8) is 0 Å². The average Bonchev–Trinajstić information content (AvgIpc) is 2.80. The molecule has 0 saturated carbocycles. The van der Waals surface area contributed by atoms with E-state index in [0.29, 0.717) is 42.5 Å². The smallest absolute Gasteiger partial charge is 0.328 e. The average molecular weight is 437 g/mol. The molecule has 1 aliphatic heterocycles. The monoisotopic (exact) mass is 437 g/mol. The molecule has 0 bridgehead atoms. The number of halogens is 1. The molecule has 166 valence electrons. The Balaban J connectivity index is 1.54. The molecular weight excluding hydrogens is 413 g/mol. The predicted octanol–water partition coefficient (Wildman–Crippen LogP) is 1.72. The Bertz CT molecular complexity index is 1370. The maximum atomic E-state index is 14.5. The third kappa shape index (κ3) is 3.87. The molecule has 9 heteroatoms. The predicted molar refractivity (Wildman–Crippen MR) is 120 cm³/mol. The van der Waals surface area contributed by atoms with Crippen LogP contribution >= 0.6 is 0 Å². The number of H-pyrrole nitrogens is 1. The normalized spacial score (nSPS) is 14.4. The Hall–Kier alpha value is -3.59. The first-order valence-electron chi connectivity index (χ1n) is 10.3. The van der Waals surface area contributed by atoms with Gasteiger partial charge in [-0.15, -0.1) is 0 Å². The molecule has 4 rings (SSSR count). The number of rotatable bonds is 4. The van der Waals surface area contributed by atoms with E-state index in [1.807, 2.05) is 19.1 Å². The van der Waals surface area contributed by atoms with Crippen LogP contribution in [-0.4, -0.2) is 45.5 Å². The SMILES string of the molecule is CNC(=O)c1ccc(C2=CCN(Cc3ccc4c(=O)n(C)c(=O)[nH]c4c3C)CC2)c(F)n1. The molecule has 1 amide bonds. The molecule has 0 radical (unpaired) electrons. The summed E-state index contributed by atoms with van der Waals surface area (Å²) >= 11 is 0. The van der Waals surface area contributed by atoms with E-state index >= 15 is 0 Å². The molecule has 8 nitrogen and oxygen atoms in total. The molecule has 2 N–H and O–H groups in total. The van der Waals surface area contributed by atoms with Crippen LogP contribution in [0.2, 0.25) is 0 Å². The molecule has 0 unspecified atom stereocenters. The maximum Gasteiger partial charge on any atom is 0.328 e. The lowest BCUT2D eigenvalue weighted by Crippen LogP contribution is -2.33. The van der Waals surface area contributed by atoms with Gasteiger partial charge in [0.1, 0.15) is 5.69 Å². The third-order valence-corrected chi connectivity index (χ3v) is 5.99. The van der Waals surface area contributed by atoms with Crippen LogP contribution in [0.1, 0.15) is 33.6 Å². The van der Waals surface area contributed by atoms with Gasteiger partial charge in [-0.2, -0.15) is 4.39 Å². The van der Waals surface area contributed by atoms with E-state index in [1.165, 1.54) is 20.2 Å². The number of amides is 1. The lowest BCUT2D eigenvalue weighted by atomic mass is 9.99. The highest BCUT2D eigenvalue weighted by atomic mass is 19.1. The van der Waals surface area contributed by atoms with Crippen molar-refractivity contribution in [3.05, 3.63) is 79.5 Å². The summed E-state index contributed by atoms with van der Waals surface area (Å²) in [6, 6.07) is 6.78. The Labute approximate surface area is 183 Å². The molecule has 1 aliphatic rings. The van der Waals surface area contributed by atoms with Gasteiger partial charge >= 0.3 is 5.69 Å². The van der Waals surface area contributed by atoms with Crippen LogP contribution in [0, 0.1) is 12.9 Å². The number of aryl methyl sites for hydroxylation is 1. The minimum absolute atomic E-state index is 0.0476. The lowest BCUT2D eigenvalue weighted by molar-refractivity contribution is 0.0957. The molecule has 1 aromatic carbocycles. The van der Waals surface area contributed by atoms with E-state index in [1.54, 1.807) is 12.1 Å². The van der Waals surface area contributed by atoms with Crippen molar-refractivity contribution in [2.45, 2.75) is 19.9 Å². The molecule has 2 aromatic heterocycles. The Kier molecular flexibility index (Phi) is 5.75. The third-order valence-electron chi connectivity index (χ3n) is 5.99. The van der Waals surface area contributed by atoms with Gasteiger partial charge in [0.15, 0.2) is 0 Å². The number of hydrogen-bond donors (Lipinski definition) is 2. The van der Waals surface area contributed by atoms with E-state index in [2.05, 4.69) is 20.2 Å².